The molecule has 0 fully saturated rings. The summed E-state index contributed by atoms with van der Waals surface area (Å²) in [6.07, 6.45) is 6.09. The maximum absolute atomic E-state index is 4.06. The van der Waals surface area contributed by atoms with Gasteiger partial charge in [0.25, 0.3) is 0 Å². The molecule has 0 aliphatic rings. The molecule has 0 radical (unpaired) electrons. The van der Waals surface area contributed by atoms with E-state index in [9.17, 15) is 0 Å². The van der Waals surface area contributed by atoms with Crippen LogP contribution in [0.15, 0.2) is 24.5 Å². The summed E-state index contributed by atoms with van der Waals surface area (Å²) in [5.41, 5.74) is 1.74. The summed E-state index contributed by atoms with van der Waals surface area (Å²) in [5, 5.41) is 3.51. The molecule has 2 heteroatoms. The second-order valence-corrected chi connectivity index (χ2v) is 6.04. The van der Waals surface area contributed by atoms with E-state index in [-0.39, 0.29) is 0 Å². The Balaban J connectivity index is 2.31. The monoisotopic (exact) mass is 234 g/mol. The molecule has 0 saturated heterocycles. The van der Waals surface area contributed by atoms with Crippen LogP contribution in [0.2, 0.25) is 0 Å². The lowest BCUT2D eigenvalue weighted by Crippen LogP contribution is -2.26. The van der Waals surface area contributed by atoms with Crippen LogP contribution in [0.25, 0.3) is 0 Å². The van der Waals surface area contributed by atoms with Crippen LogP contribution in [-0.4, -0.2) is 18.1 Å². The molecule has 17 heavy (non-hydrogen) atoms. The number of pyridine rings is 1. The van der Waals surface area contributed by atoms with Crippen molar-refractivity contribution in [3.8, 4) is 0 Å². The first-order valence-electron chi connectivity index (χ1n) is 6.59. The number of hydrogen-bond donors (Lipinski definition) is 1. The zero-order valence-electron chi connectivity index (χ0n) is 11.7. The van der Waals surface area contributed by atoms with Crippen molar-refractivity contribution in [3.63, 3.8) is 0 Å². The van der Waals surface area contributed by atoms with Crippen LogP contribution in [-0.2, 0) is 6.42 Å². The van der Waals surface area contributed by atoms with Crippen LogP contribution in [0.4, 0.5) is 0 Å². The summed E-state index contributed by atoms with van der Waals surface area (Å²) in [5.74, 6) is 0.735. The number of nitrogens with one attached hydrogen (secondary N) is 1. The summed E-state index contributed by atoms with van der Waals surface area (Å²) in [6.45, 7) is 11.4. The molecular weight excluding hydrogens is 208 g/mol. The van der Waals surface area contributed by atoms with Crippen molar-refractivity contribution in [3.05, 3.63) is 30.1 Å². The lowest BCUT2D eigenvalue weighted by atomic mass is 9.83. The van der Waals surface area contributed by atoms with Crippen molar-refractivity contribution in [2.75, 3.05) is 13.1 Å². The Morgan fingerprint density at radius 2 is 1.88 bits per heavy atom. The van der Waals surface area contributed by atoms with E-state index >= 15 is 0 Å². The normalized spacial score (nSPS) is 12.1. The second kappa shape index (κ2) is 6.75. The number of nitrogens with zero attached hydrogens (tertiary/aromatic N) is 1. The Morgan fingerprint density at radius 3 is 2.47 bits per heavy atom. The largest absolute Gasteiger partial charge is 0.316 e. The highest BCUT2D eigenvalue weighted by atomic mass is 14.8. The van der Waals surface area contributed by atoms with Gasteiger partial charge in [-0.05, 0) is 55.0 Å². The molecule has 96 valence electrons. The van der Waals surface area contributed by atoms with Crippen molar-refractivity contribution in [1.82, 2.24) is 10.3 Å². The Hall–Kier alpha value is -0.890. The summed E-state index contributed by atoms with van der Waals surface area (Å²) in [4.78, 5) is 4.06. The van der Waals surface area contributed by atoms with Gasteiger partial charge >= 0.3 is 0 Å². The highest BCUT2D eigenvalue weighted by Crippen LogP contribution is 2.25. The molecule has 0 saturated carbocycles. The highest BCUT2D eigenvalue weighted by Gasteiger charge is 2.17. The zero-order chi connectivity index (χ0) is 12.7. The molecule has 1 rings (SSSR count). The third kappa shape index (κ3) is 6.42. The molecule has 1 aromatic heterocycles. The quantitative estimate of drug-likeness (QED) is 0.732. The Kier molecular flexibility index (Phi) is 5.63. The number of hydrogen-bond acceptors (Lipinski definition) is 2. The summed E-state index contributed by atoms with van der Waals surface area (Å²) in [6, 6.07) is 4.23. The van der Waals surface area contributed by atoms with Crippen molar-refractivity contribution >= 4 is 0 Å². The molecule has 0 aliphatic heterocycles. The van der Waals surface area contributed by atoms with Crippen LogP contribution < -0.4 is 5.32 Å². The summed E-state index contributed by atoms with van der Waals surface area (Å²) < 4.78 is 0. The van der Waals surface area contributed by atoms with Gasteiger partial charge in [-0.15, -0.1) is 0 Å². The molecule has 1 aromatic rings. The maximum Gasteiger partial charge on any atom is 0.0270 e. The third-order valence-corrected chi connectivity index (χ3v) is 2.96. The average Bonchev–Trinajstić information content (AvgIpc) is 2.25. The van der Waals surface area contributed by atoms with Crippen molar-refractivity contribution in [2.24, 2.45) is 11.3 Å². The predicted octanol–water partition coefficient (Wildman–Crippen LogP) is 3.29. The van der Waals surface area contributed by atoms with Gasteiger partial charge in [0.2, 0.25) is 0 Å². The molecule has 2 nitrogen and oxygen atoms in total. The minimum Gasteiger partial charge on any atom is -0.316 e. The molecule has 0 amide bonds. The van der Waals surface area contributed by atoms with Gasteiger partial charge in [0.1, 0.15) is 0 Å². The smallest absolute Gasteiger partial charge is 0.0270 e. The van der Waals surface area contributed by atoms with Gasteiger partial charge in [0, 0.05) is 12.4 Å². The third-order valence-electron chi connectivity index (χ3n) is 2.96. The molecular formula is C15H26N2. The van der Waals surface area contributed by atoms with Crippen molar-refractivity contribution in [2.45, 2.75) is 40.5 Å². The molecule has 1 heterocycles. The van der Waals surface area contributed by atoms with Gasteiger partial charge in [-0.3, -0.25) is 4.98 Å². The molecule has 0 spiro atoms. The van der Waals surface area contributed by atoms with E-state index in [1.807, 2.05) is 12.4 Å². The zero-order valence-corrected chi connectivity index (χ0v) is 11.7. The van der Waals surface area contributed by atoms with Gasteiger partial charge in [-0.2, -0.15) is 0 Å². The lowest BCUT2D eigenvalue weighted by Gasteiger charge is -2.25. The molecule has 1 N–H and O–H groups in total. The van der Waals surface area contributed by atoms with Crippen LogP contribution in [0.3, 0.4) is 0 Å². The predicted molar refractivity (Wildman–Crippen MR) is 74.0 cm³/mol. The van der Waals surface area contributed by atoms with E-state index in [4.69, 9.17) is 0 Å². The lowest BCUT2D eigenvalue weighted by molar-refractivity contribution is 0.322. The maximum atomic E-state index is 4.06. The van der Waals surface area contributed by atoms with E-state index in [0.717, 1.165) is 25.4 Å². The number of rotatable bonds is 7. The molecule has 0 atom stereocenters. The SMILES string of the molecule is CC(C)CNCCC(C)(C)Cc1ccncc1. The van der Waals surface area contributed by atoms with Crippen LogP contribution in [0.5, 0.6) is 0 Å². The Bertz CT molecular complexity index is 304. The van der Waals surface area contributed by atoms with Crippen LogP contribution in [0.1, 0.15) is 39.7 Å². The highest BCUT2D eigenvalue weighted by molar-refractivity contribution is 5.11. The van der Waals surface area contributed by atoms with Crippen molar-refractivity contribution in [1.29, 1.82) is 0 Å². The van der Waals surface area contributed by atoms with Gasteiger partial charge in [0.05, 0.1) is 0 Å². The summed E-state index contributed by atoms with van der Waals surface area (Å²) >= 11 is 0. The molecule has 0 unspecified atom stereocenters. The van der Waals surface area contributed by atoms with Gasteiger partial charge in [-0.25, -0.2) is 0 Å². The Labute approximate surface area is 106 Å². The number of aromatic nitrogens is 1. The van der Waals surface area contributed by atoms with E-state index in [0.29, 0.717) is 5.41 Å². The second-order valence-electron chi connectivity index (χ2n) is 6.04. The first-order chi connectivity index (χ1) is 7.99. The topological polar surface area (TPSA) is 24.9 Å². The van der Waals surface area contributed by atoms with E-state index in [2.05, 4.69) is 50.1 Å². The van der Waals surface area contributed by atoms with Crippen LogP contribution >= 0.6 is 0 Å². The first kappa shape index (κ1) is 14.2. The van der Waals surface area contributed by atoms with Gasteiger partial charge in [0.15, 0.2) is 0 Å². The standard InChI is InChI=1S/C15H26N2/c1-13(2)12-17-10-7-15(3,4)11-14-5-8-16-9-6-14/h5-6,8-9,13,17H,7,10-12H2,1-4H3. The van der Waals surface area contributed by atoms with E-state index in [1.54, 1.807) is 0 Å². The molecule has 0 bridgehead atoms. The molecule has 0 aromatic carbocycles. The summed E-state index contributed by atoms with van der Waals surface area (Å²) in [7, 11) is 0. The fourth-order valence-electron chi connectivity index (χ4n) is 1.96. The Morgan fingerprint density at radius 1 is 1.24 bits per heavy atom. The van der Waals surface area contributed by atoms with E-state index in [1.165, 1.54) is 12.0 Å². The fourth-order valence-corrected chi connectivity index (χ4v) is 1.96. The fraction of sp³-hybridized carbons (Fsp3) is 0.667. The minimum absolute atomic E-state index is 0.353. The minimum atomic E-state index is 0.353. The first-order valence-corrected chi connectivity index (χ1v) is 6.59. The van der Waals surface area contributed by atoms with Gasteiger partial charge in [-0.1, -0.05) is 27.7 Å². The van der Waals surface area contributed by atoms with Crippen LogP contribution in [0, 0.1) is 11.3 Å². The van der Waals surface area contributed by atoms with Gasteiger partial charge < -0.3 is 5.32 Å². The van der Waals surface area contributed by atoms with Crippen molar-refractivity contribution < 1.29 is 0 Å². The molecule has 0 aliphatic carbocycles. The van der Waals surface area contributed by atoms with E-state index < -0.39 is 0 Å². The average molecular weight is 234 g/mol.